The number of halogens is 1. The predicted octanol–water partition coefficient (Wildman–Crippen LogP) is 5.69. The fourth-order valence-corrected chi connectivity index (χ4v) is 3.75. The molecule has 3 aromatic rings. The Morgan fingerprint density at radius 2 is 2.00 bits per heavy atom. The first-order chi connectivity index (χ1) is 15.1. The lowest BCUT2D eigenvalue weighted by Gasteiger charge is -2.10. The second kappa shape index (κ2) is 11.6. The average Bonchev–Trinajstić information content (AvgIpc) is 3.17. The highest BCUT2D eigenvalue weighted by Crippen LogP contribution is 2.26. The summed E-state index contributed by atoms with van der Waals surface area (Å²) in [6, 6.07) is 14.9. The van der Waals surface area contributed by atoms with E-state index in [1.165, 1.54) is 11.8 Å². The zero-order valence-electron chi connectivity index (χ0n) is 17.4. The molecule has 2 aromatic carbocycles. The number of benzene rings is 2. The molecule has 0 saturated heterocycles. The molecule has 1 N–H and O–H groups in total. The van der Waals surface area contributed by atoms with E-state index in [9.17, 15) is 4.79 Å². The molecular formula is C23H25ClN4O2S. The van der Waals surface area contributed by atoms with Crippen molar-refractivity contribution in [3.8, 4) is 17.1 Å². The van der Waals surface area contributed by atoms with Crippen LogP contribution in [0, 0.1) is 0 Å². The van der Waals surface area contributed by atoms with E-state index in [0.29, 0.717) is 34.8 Å². The molecule has 3 rings (SSSR count). The summed E-state index contributed by atoms with van der Waals surface area (Å²) in [6.07, 6.45) is 3.91. The van der Waals surface area contributed by atoms with Crippen molar-refractivity contribution in [2.45, 2.75) is 31.5 Å². The first kappa shape index (κ1) is 22.9. The van der Waals surface area contributed by atoms with Gasteiger partial charge in [-0.2, -0.15) is 0 Å². The molecule has 0 aliphatic heterocycles. The van der Waals surface area contributed by atoms with E-state index in [4.69, 9.17) is 16.3 Å². The van der Waals surface area contributed by atoms with E-state index < -0.39 is 0 Å². The third kappa shape index (κ3) is 6.35. The third-order valence-corrected chi connectivity index (χ3v) is 5.68. The van der Waals surface area contributed by atoms with E-state index >= 15 is 0 Å². The molecule has 6 nitrogen and oxygen atoms in total. The fourth-order valence-electron chi connectivity index (χ4n) is 2.82. The molecular weight excluding hydrogens is 432 g/mol. The molecule has 0 radical (unpaired) electrons. The van der Waals surface area contributed by atoms with Crippen molar-refractivity contribution < 1.29 is 9.53 Å². The van der Waals surface area contributed by atoms with Gasteiger partial charge in [0.1, 0.15) is 5.75 Å². The number of allylic oxidation sites excluding steroid dienone is 1. The van der Waals surface area contributed by atoms with Crippen LogP contribution >= 0.6 is 23.4 Å². The molecule has 0 bridgehead atoms. The van der Waals surface area contributed by atoms with E-state index in [-0.39, 0.29) is 11.7 Å². The lowest BCUT2D eigenvalue weighted by Crippen LogP contribution is -2.15. The molecule has 0 saturated carbocycles. The lowest BCUT2D eigenvalue weighted by atomic mass is 10.2. The van der Waals surface area contributed by atoms with Crippen LogP contribution in [0.4, 0.5) is 5.69 Å². The average molecular weight is 457 g/mol. The van der Waals surface area contributed by atoms with Crippen molar-refractivity contribution in [1.82, 2.24) is 14.8 Å². The summed E-state index contributed by atoms with van der Waals surface area (Å²) >= 11 is 7.42. The summed E-state index contributed by atoms with van der Waals surface area (Å²) < 4.78 is 7.66. The van der Waals surface area contributed by atoms with Crippen LogP contribution in [-0.4, -0.2) is 33.0 Å². The Labute approximate surface area is 191 Å². The van der Waals surface area contributed by atoms with Crippen molar-refractivity contribution in [3.63, 3.8) is 0 Å². The van der Waals surface area contributed by atoms with Crippen LogP contribution in [0.2, 0.25) is 5.02 Å². The normalized spacial score (nSPS) is 10.6. The minimum absolute atomic E-state index is 0.165. The highest BCUT2D eigenvalue weighted by Gasteiger charge is 2.15. The number of ether oxygens (including phenoxy) is 1. The Hall–Kier alpha value is -2.77. The van der Waals surface area contributed by atoms with Crippen molar-refractivity contribution in [2.75, 3.05) is 17.7 Å². The summed E-state index contributed by atoms with van der Waals surface area (Å²) in [5, 5.41) is 12.6. The molecule has 31 heavy (non-hydrogen) atoms. The van der Waals surface area contributed by atoms with Gasteiger partial charge in [-0.05, 0) is 42.8 Å². The second-order valence-electron chi connectivity index (χ2n) is 6.75. The number of nitrogens with one attached hydrogen (secondary N) is 1. The maximum absolute atomic E-state index is 12.3. The van der Waals surface area contributed by atoms with Crippen LogP contribution in [-0.2, 0) is 11.3 Å². The molecule has 0 spiro atoms. The van der Waals surface area contributed by atoms with Gasteiger partial charge in [0.05, 0.1) is 23.1 Å². The number of hydrogen-bond donors (Lipinski definition) is 1. The molecule has 0 aliphatic carbocycles. The van der Waals surface area contributed by atoms with E-state index in [1.54, 1.807) is 18.2 Å². The van der Waals surface area contributed by atoms with Crippen LogP contribution in [0.5, 0.6) is 5.75 Å². The van der Waals surface area contributed by atoms with Crippen LogP contribution in [0.3, 0.4) is 0 Å². The van der Waals surface area contributed by atoms with Crippen molar-refractivity contribution in [2.24, 2.45) is 0 Å². The number of unbranched alkanes of at least 4 members (excludes halogenated alkanes) is 1. The van der Waals surface area contributed by atoms with Gasteiger partial charge in [0.2, 0.25) is 5.91 Å². The molecule has 1 aromatic heterocycles. The number of aromatic nitrogens is 3. The number of carbonyl (C=O) groups excluding carboxylic acids is 1. The van der Waals surface area contributed by atoms with Gasteiger partial charge in [0.25, 0.3) is 0 Å². The summed E-state index contributed by atoms with van der Waals surface area (Å²) in [5.41, 5.74) is 1.51. The minimum Gasteiger partial charge on any atom is -0.494 e. The van der Waals surface area contributed by atoms with Gasteiger partial charge in [0, 0.05) is 12.1 Å². The van der Waals surface area contributed by atoms with E-state index in [2.05, 4.69) is 29.0 Å². The summed E-state index contributed by atoms with van der Waals surface area (Å²) in [6.45, 7) is 7.20. The summed E-state index contributed by atoms with van der Waals surface area (Å²) in [4.78, 5) is 12.3. The summed E-state index contributed by atoms with van der Waals surface area (Å²) in [5.74, 6) is 1.57. The molecule has 162 valence electrons. The van der Waals surface area contributed by atoms with E-state index in [1.807, 2.05) is 41.0 Å². The molecule has 1 heterocycles. The van der Waals surface area contributed by atoms with Gasteiger partial charge >= 0.3 is 0 Å². The van der Waals surface area contributed by atoms with Gasteiger partial charge in [0.15, 0.2) is 11.0 Å². The predicted molar refractivity (Wildman–Crippen MR) is 127 cm³/mol. The molecule has 0 fully saturated rings. The van der Waals surface area contributed by atoms with Crippen molar-refractivity contribution in [1.29, 1.82) is 0 Å². The Morgan fingerprint density at radius 3 is 2.71 bits per heavy atom. The number of carbonyl (C=O) groups is 1. The van der Waals surface area contributed by atoms with Crippen molar-refractivity contribution in [3.05, 3.63) is 66.2 Å². The van der Waals surface area contributed by atoms with Gasteiger partial charge in [-0.15, -0.1) is 16.8 Å². The Kier molecular flexibility index (Phi) is 8.55. The highest BCUT2D eigenvalue weighted by molar-refractivity contribution is 7.99. The van der Waals surface area contributed by atoms with Crippen LogP contribution in [0.15, 0.2) is 66.3 Å². The SMILES string of the molecule is C=CCn1c(SCC(=O)Nc2ccccc2Cl)nnc1-c1ccc(OCCCC)cc1. The highest BCUT2D eigenvalue weighted by atomic mass is 35.5. The maximum Gasteiger partial charge on any atom is 0.234 e. The Balaban J connectivity index is 1.68. The maximum atomic E-state index is 12.3. The van der Waals surface area contributed by atoms with Gasteiger partial charge < -0.3 is 10.1 Å². The standard InChI is InChI=1S/C23H25ClN4O2S/c1-3-5-15-30-18-12-10-17(11-13-18)22-26-27-23(28(22)14-4-2)31-16-21(29)25-20-9-7-6-8-19(20)24/h4,6-13H,2-3,5,14-16H2,1H3,(H,25,29). The zero-order chi connectivity index (χ0) is 22.1. The monoisotopic (exact) mass is 456 g/mol. The molecule has 0 unspecified atom stereocenters. The zero-order valence-corrected chi connectivity index (χ0v) is 19.0. The number of anilines is 1. The molecule has 8 heteroatoms. The quantitative estimate of drug-likeness (QED) is 0.228. The topological polar surface area (TPSA) is 69.0 Å². The van der Waals surface area contributed by atoms with Gasteiger partial charge in [-0.1, -0.05) is 54.9 Å². The number of nitrogens with zero attached hydrogens (tertiary/aromatic N) is 3. The van der Waals surface area contributed by atoms with Gasteiger partial charge in [-0.3, -0.25) is 9.36 Å². The molecule has 0 atom stereocenters. The third-order valence-electron chi connectivity index (χ3n) is 4.39. The second-order valence-corrected chi connectivity index (χ2v) is 8.10. The Bertz CT molecular complexity index is 1020. The van der Waals surface area contributed by atoms with Crippen LogP contribution in [0.25, 0.3) is 11.4 Å². The van der Waals surface area contributed by atoms with Crippen LogP contribution < -0.4 is 10.1 Å². The van der Waals surface area contributed by atoms with Crippen LogP contribution in [0.1, 0.15) is 19.8 Å². The number of thioether (sulfide) groups is 1. The fraction of sp³-hybridized carbons (Fsp3) is 0.261. The smallest absolute Gasteiger partial charge is 0.234 e. The number of hydrogen-bond acceptors (Lipinski definition) is 5. The van der Waals surface area contributed by atoms with E-state index in [0.717, 1.165) is 24.2 Å². The largest absolute Gasteiger partial charge is 0.494 e. The molecule has 0 aliphatic rings. The first-order valence-corrected chi connectivity index (χ1v) is 11.4. The number of para-hydroxylation sites is 1. The number of rotatable bonds is 11. The van der Waals surface area contributed by atoms with Crippen molar-refractivity contribution >= 4 is 35.0 Å². The molecule has 1 amide bonds. The number of amides is 1. The first-order valence-electron chi connectivity index (χ1n) is 10.1. The lowest BCUT2D eigenvalue weighted by molar-refractivity contribution is -0.113. The summed E-state index contributed by atoms with van der Waals surface area (Å²) in [7, 11) is 0. The Morgan fingerprint density at radius 1 is 1.23 bits per heavy atom. The minimum atomic E-state index is -0.165. The van der Waals surface area contributed by atoms with Gasteiger partial charge in [-0.25, -0.2) is 0 Å².